The van der Waals surface area contributed by atoms with E-state index in [1.807, 2.05) is 19.1 Å². The third kappa shape index (κ3) is 2.84. The fourth-order valence-corrected chi connectivity index (χ4v) is 2.48. The van der Waals surface area contributed by atoms with Crippen LogP contribution >= 0.6 is 34.5 Å². The summed E-state index contributed by atoms with van der Waals surface area (Å²) in [4.78, 5) is 9.21. The van der Waals surface area contributed by atoms with Crippen LogP contribution in [0.15, 0.2) is 24.5 Å². The summed E-state index contributed by atoms with van der Waals surface area (Å²) >= 11 is 13.2. The molecular weight excluding hydrogens is 265 g/mol. The second-order valence-corrected chi connectivity index (χ2v) is 5.37. The van der Waals surface area contributed by atoms with Crippen molar-refractivity contribution in [3.05, 3.63) is 38.9 Å². The van der Waals surface area contributed by atoms with Crippen LogP contribution in [0.2, 0.25) is 9.49 Å². The minimum atomic E-state index is 0.130. The van der Waals surface area contributed by atoms with E-state index in [1.54, 1.807) is 17.5 Å². The van der Waals surface area contributed by atoms with Gasteiger partial charge in [-0.2, -0.15) is 0 Å². The first-order chi connectivity index (χ1) is 7.65. The van der Waals surface area contributed by atoms with Crippen LogP contribution in [0.3, 0.4) is 0 Å². The standard InChI is InChI=1S/C10H9Cl2N3S/c1-6(7-2-3-9(12)16-7)14-10-5-13-4-8(11)15-10/h2-6H,1H3,(H,14,15). The fourth-order valence-electron chi connectivity index (χ4n) is 1.27. The zero-order valence-electron chi connectivity index (χ0n) is 8.45. The molecule has 0 radical (unpaired) electrons. The number of aromatic nitrogens is 2. The van der Waals surface area contributed by atoms with Crippen molar-refractivity contribution in [1.82, 2.24) is 9.97 Å². The average Bonchev–Trinajstić information content (AvgIpc) is 2.65. The van der Waals surface area contributed by atoms with Gasteiger partial charge in [0.1, 0.15) is 11.0 Å². The topological polar surface area (TPSA) is 37.8 Å². The summed E-state index contributed by atoms with van der Waals surface area (Å²) in [6, 6.07) is 4.00. The van der Waals surface area contributed by atoms with Gasteiger partial charge in [0.25, 0.3) is 0 Å². The molecule has 2 rings (SSSR count). The maximum atomic E-state index is 5.87. The Morgan fingerprint density at radius 2 is 2.12 bits per heavy atom. The summed E-state index contributed by atoms with van der Waals surface area (Å²) in [5, 5.41) is 3.58. The molecule has 1 atom stereocenters. The lowest BCUT2D eigenvalue weighted by Gasteiger charge is -2.12. The van der Waals surface area contributed by atoms with Gasteiger partial charge in [-0.3, -0.25) is 4.98 Å². The number of anilines is 1. The highest BCUT2D eigenvalue weighted by Gasteiger charge is 2.08. The van der Waals surface area contributed by atoms with E-state index in [1.165, 1.54) is 6.20 Å². The number of nitrogens with zero attached hydrogens (tertiary/aromatic N) is 2. The van der Waals surface area contributed by atoms with Crippen LogP contribution in [0.4, 0.5) is 5.82 Å². The molecule has 0 fully saturated rings. The molecule has 0 aliphatic heterocycles. The van der Waals surface area contributed by atoms with E-state index < -0.39 is 0 Å². The van der Waals surface area contributed by atoms with Crippen molar-refractivity contribution in [2.75, 3.05) is 5.32 Å². The number of hydrogen-bond donors (Lipinski definition) is 1. The van der Waals surface area contributed by atoms with Gasteiger partial charge in [-0.25, -0.2) is 4.98 Å². The molecule has 3 nitrogen and oxygen atoms in total. The predicted molar refractivity (Wildman–Crippen MR) is 68.4 cm³/mol. The van der Waals surface area contributed by atoms with Crippen molar-refractivity contribution in [1.29, 1.82) is 0 Å². The zero-order valence-corrected chi connectivity index (χ0v) is 10.8. The van der Waals surface area contributed by atoms with E-state index in [0.717, 1.165) is 9.21 Å². The summed E-state index contributed by atoms with van der Waals surface area (Å²) in [5.74, 6) is 0.657. The molecule has 2 aromatic rings. The Hall–Kier alpha value is -0.840. The average molecular weight is 274 g/mol. The Balaban J connectivity index is 2.10. The van der Waals surface area contributed by atoms with E-state index >= 15 is 0 Å². The monoisotopic (exact) mass is 273 g/mol. The molecule has 16 heavy (non-hydrogen) atoms. The highest BCUT2D eigenvalue weighted by molar-refractivity contribution is 7.16. The number of hydrogen-bond acceptors (Lipinski definition) is 4. The van der Waals surface area contributed by atoms with E-state index in [2.05, 4.69) is 15.3 Å². The maximum Gasteiger partial charge on any atom is 0.149 e. The second kappa shape index (κ2) is 4.99. The van der Waals surface area contributed by atoms with E-state index in [-0.39, 0.29) is 6.04 Å². The first kappa shape index (κ1) is 11.6. The fraction of sp³-hybridized carbons (Fsp3) is 0.200. The van der Waals surface area contributed by atoms with Gasteiger partial charge in [0.05, 0.1) is 22.8 Å². The molecule has 84 valence electrons. The summed E-state index contributed by atoms with van der Waals surface area (Å²) < 4.78 is 0.779. The van der Waals surface area contributed by atoms with Crippen molar-refractivity contribution < 1.29 is 0 Å². The van der Waals surface area contributed by atoms with Crippen molar-refractivity contribution in [3.63, 3.8) is 0 Å². The van der Waals surface area contributed by atoms with Crippen LogP contribution in [0.5, 0.6) is 0 Å². The summed E-state index contributed by atoms with van der Waals surface area (Å²) in [7, 11) is 0. The van der Waals surface area contributed by atoms with Crippen molar-refractivity contribution >= 4 is 40.4 Å². The minimum absolute atomic E-state index is 0.130. The van der Waals surface area contributed by atoms with E-state index in [9.17, 15) is 0 Å². The van der Waals surface area contributed by atoms with Crippen LogP contribution in [-0.2, 0) is 0 Å². The van der Waals surface area contributed by atoms with Crippen molar-refractivity contribution in [2.24, 2.45) is 0 Å². The Morgan fingerprint density at radius 3 is 2.75 bits per heavy atom. The van der Waals surface area contributed by atoms with Gasteiger partial charge in [0.2, 0.25) is 0 Å². The lowest BCUT2D eigenvalue weighted by molar-refractivity contribution is 0.892. The second-order valence-electron chi connectivity index (χ2n) is 3.23. The van der Waals surface area contributed by atoms with Gasteiger partial charge in [-0.1, -0.05) is 23.2 Å². The van der Waals surface area contributed by atoms with Crippen LogP contribution in [0, 0.1) is 0 Å². The summed E-state index contributed by atoms with van der Waals surface area (Å²) in [6.45, 7) is 2.03. The first-order valence-corrected chi connectivity index (χ1v) is 6.21. The largest absolute Gasteiger partial charge is 0.361 e. The molecule has 0 bridgehead atoms. The minimum Gasteiger partial charge on any atom is -0.361 e. The normalized spacial score (nSPS) is 12.4. The van der Waals surface area contributed by atoms with Gasteiger partial charge in [-0.15, -0.1) is 11.3 Å². The number of nitrogens with one attached hydrogen (secondary N) is 1. The molecule has 0 aliphatic rings. The first-order valence-electron chi connectivity index (χ1n) is 4.64. The van der Waals surface area contributed by atoms with Crippen molar-refractivity contribution in [2.45, 2.75) is 13.0 Å². The third-order valence-corrected chi connectivity index (χ3v) is 3.59. The molecule has 2 heterocycles. The molecule has 0 aromatic carbocycles. The molecule has 1 N–H and O–H groups in total. The van der Waals surface area contributed by atoms with E-state index in [4.69, 9.17) is 23.2 Å². The summed E-state index contributed by atoms with van der Waals surface area (Å²) in [6.07, 6.45) is 3.14. The molecule has 0 saturated heterocycles. The van der Waals surface area contributed by atoms with Crippen LogP contribution in [-0.4, -0.2) is 9.97 Å². The van der Waals surface area contributed by atoms with Crippen LogP contribution < -0.4 is 5.32 Å². The number of halogens is 2. The molecule has 2 aromatic heterocycles. The Bertz CT molecular complexity index is 486. The molecule has 0 amide bonds. The molecule has 0 aliphatic carbocycles. The predicted octanol–water partition coefficient (Wildman–Crippen LogP) is 4.02. The zero-order chi connectivity index (χ0) is 11.5. The third-order valence-electron chi connectivity index (χ3n) is 1.99. The van der Waals surface area contributed by atoms with Crippen LogP contribution in [0.1, 0.15) is 17.8 Å². The molecule has 0 spiro atoms. The Labute approximate surface area is 107 Å². The quantitative estimate of drug-likeness (QED) is 0.918. The number of rotatable bonds is 3. The highest BCUT2D eigenvalue weighted by Crippen LogP contribution is 2.28. The smallest absolute Gasteiger partial charge is 0.149 e. The molecule has 0 saturated carbocycles. The molecule has 1 unspecified atom stereocenters. The lowest BCUT2D eigenvalue weighted by atomic mass is 10.3. The highest BCUT2D eigenvalue weighted by atomic mass is 35.5. The van der Waals surface area contributed by atoms with Crippen LogP contribution in [0.25, 0.3) is 0 Å². The Kier molecular flexibility index (Phi) is 3.63. The molecule has 6 heteroatoms. The van der Waals surface area contributed by atoms with Gasteiger partial charge < -0.3 is 5.32 Å². The van der Waals surface area contributed by atoms with Gasteiger partial charge in [-0.05, 0) is 19.1 Å². The number of thiophene rings is 1. The van der Waals surface area contributed by atoms with Gasteiger partial charge >= 0.3 is 0 Å². The van der Waals surface area contributed by atoms with Gasteiger partial charge in [0.15, 0.2) is 0 Å². The van der Waals surface area contributed by atoms with Crippen molar-refractivity contribution in [3.8, 4) is 0 Å². The molecular formula is C10H9Cl2N3S. The SMILES string of the molecule is CC(Nc1cncc(Cl)n1)c1ccc(Cl)s1. The van der Waals surface area contributed by atoms with E-state index in [0.29, 0.717) is 11.0 Å². The Morgan fingerprint density at radius 1 is 1.31 bits per heavy atom. The van der Waals surface area contributed by atoms with Gasteiger partial charge in [0, 0.05) is 4.88 Å². The summed E-state index contributed by atoms with van der Waals surface area (Å²) in [5.41, 5.74) is 0. The maximum absolute atomic E-state index is 5.87. The lowest BCUT2D eigenvalue weighted by Crippen LogP contribution is -2.06.